The molecule has 0 aliphatic carbocycles. The molecule has 0 radical (unpaired) electrons. The van der Waals surface area contributed by atoms with Gasteiger partial charge in [-0.25, -0.2) is 0 Å². The Kier molecular flexibility index (Phi) is 12.1. The molecule has 0 spiro atoms. The van der Waals surface area contributed by atoms with Gasteiger partial charge in [0.05, 0.1) is 0 Å². The van der Waals surface area contributed by atoms with Gasteiger partial charge in [-0.05, 0) is 69.3 Å². The Morgan fingerprint density at radius 1 is 0.368 bits per heavy atom. The molecule has 0 atom stereocenters. The summed E-state index contributed by atoms with van der Waals surface area (Å²) in [5, 5.41) is 3.15. The molecule has 3 aromatic rings. The second-order valence-electron chi connectivity index (χ2n) is 12.0. The lowest BCUT2D eigenvalue weighted by atomic mass is 10.4. The van der Waals surface area contributed by atoms with E-state index in [0.717, 1.165) is 15.6 Å². The van der Waals surface area contributed by atoms with E-state index in [1.807, 2.05) is 18.2 Å². The number of benzene rings is 3. The first-order valence-electron chi connectivity index (χ1n) is 12.6. The van der Waals surface area contributed by atoms with E-state index in [4.69, 9.17) is 16.5 Å². The minimum absolute atomic E-state index is 0. The van der Waals surface area contributed by atoms with Crippen molar-refractivity contribution in [2.45, 2.75) is 73.8 Å². The van der Waals surface area contributed by atoms with E-state index in [0.29, 0.717) is 0 Å². The lowest BCUT2D eigenvalue weighted by molar-refractivity contribution is 0.251. The molecule has 0 amide bonds. The summed E-state index contributed by atoms with van der Waals surface area (Å²) in [6.07, 6.45) is 0. The second kappa shape index (κ2) is 13.3. The van der Waals surface area contributed by atoms with Crippen LogP contribution in [0.4, 0.5) is 0 Å². The lowest BCUT2D eigenvalue weighted by Gasteiger charge is -2.46. The Hall–Kier alpha value is -1.42. The molecule has 0 aliphatic heterocycles. The monoisotopic (exact) mass is 602 g/mol. The molecule has 0 N–H and O–H groups in total. The molecular weight excluding hydrogens is 553 g/mol. The number of hydrogen-bond acceptors (Lipinski definition) is 4. The predicted octanol–water partition coefficient (Wildman–Crippen LogP) is 6.93. The molecule has 0 heterocycles. The van der Waals surface area contributed by atoms with Gasteiger partial charge in [-0.15, -0.1) is 0 Å². The summed E-state index contributed by atoms with van der Waals surface area (Å²) in [6, 6.07) is 31.3. The SMILES string of the molecule is C.C.C[Si](C)(C)O[Si](O[Si](C)(C)C)(O[Si](O[Si](C)(C)C)(c1ccccc1)c1ccccc1)c1ccccc1. The highest BCUT2D eigenvalue weighted by molar-refractivity contribution is 7.04. The van der Waals surface area contributed by atoms with Gasteiger partial charge in [0, 0.05) is 5.19 Å². The van der Waals surface area contributed by atoms with Crippen LogP contribution >= 0.6 is 0 Å². The van der Waals surface area contributed by atoms with Gasteiger partial charge in [-0.1, -0.05) is 106 Å². The summed E-state index contributed by atoms with van der Waals surface area (Å²) in [6.45, 7) is 20.0. The van der Waals surface area contributed by atoms with Gasteiger partial charge >= 0.3 is 17.4 Å². The Morgan fingerprint density at radius 2 is 0.658 bits per heavy atom. The third-order valence-electron chi connectivity index (χ3n) is 5.04. The predicted molar refractivity (Wildman–Crippen MR) is 178 cm³/mol. The third kappa shape index (κ3) is 9.35. The van der Waals surface area contributed by atoms with Crippen molar-refractivity contribution in [3.8, 4) is 0 Å². The zero-order chi connectivity index (χ0) is 26.7. The Labute approximate surface area is 238 Å². The van der Waals surface area contributed by atoms with Crippen molar-refractivity contribution >= 4 is 57.9 Å². The maximum absolute atomic E-state index is 7.63. The lowest BCUT2D eigenvalue weighted by Crippen LogP contribution is -2.76. The van der Waals surface area contributed by atoms with Crippen molar-refractivity contribution in [1.82, 2.24) is 0 Å². The van der Waals surface area contributed by atoms with Crippen molar-refractivity contribution in [3.63, 3.8) is 0 Å². The van der Waals surface area contributed by atoms with Crippen LogP contribution in [-0.2, 0) is 16.5 Å². The Bertz CT molecular complexity index is 1040. The van der Waals surface area contributed by atoms with Crippen LogP contribution in [0.15, 0.2) is 91.0 Å². The first kappa shape index (κ1) is 34.6. The van der Waals surface area contributed by atoms with E-state index in [1.165, 1.54) is 0 Å². The molecule has 0 aliphatic rings. The fourth-order valence-electron chi connectivity index (χ4n) is 4.05. The van der Waals surface area contributed by atoms with Crippen LogP contribution in [0.1, 0.15) is 14.9 Å². The average Bonchev–Trinajstić information content (AvgIpc) is 2.77. The highest BCUT2D eigenvalue weighted by Crippen LogP contribution is 2.28. The number of hydrogen-bond donors (Lipinski definition) is 0. The summed E-state index contributed by atoms with van der Waals surface area (Å²) < 4.78 is 29.2. The summed E-state index contributed by atoms with van der Waals surface area (Å²) >= 11 is 0. The van der Waals surface area contributed by atoms with Crippen LogP contribution in [-0.4, -0.2) is 42.3 Å². The fraction of sp³-hybridized carbons (Fsp3) is 0.379. The van der Waals surface area contributed by atoms with Crippen LogP contribution in [0.25, 0.3) is 0 Å². The fourth-order valence-corrected chi connectivity index (χ4v) is 23.1. The first-order chi connectivity index (χ1) is 16.6. The van der Waals surface area contributed by atoms with E-state index < -0.39 is 42.3 Å². The molecule has 0 fully saturated rings. The normalized spacial score (nSPS) is 12.9. The van der Waals surface area contributed by atoms with Gasteiger partial charge in [0.1, 0.15) is 0 Å². The van der Waals surface area contributed by atoms with Crippen LogP contribution in [0.3, 0.4) is 0 Å². The van der Waals surface area contributed by atoms with E-state index in [9.17, 15) is 0 Å². The van der Waals surface area contributed by atoms with Gasteiger partial charge in [0.2, 0.25) is 0 Å². The summed E-state index contributed by atoms with van der Waals surface area (Å²) in [7, 11) is -13.1. The summed E-state index contributed by atoms with van der Waals surface area (Å²) in [5.41, 5.74) is 0. The molecule has 38 heavy (non-hydrogen) atoms. The van der Waals surface area contributed by atoms with Gasteiger partial charge in [0.15, 0.2) is 25.0 Å². The molecule has 0 unspecified atom stereocenters. The van der Waals surface area contributed by atoms with Gasteiger partial charge in [0.25, 0.3) is 0 Å². The second-order valence-corrected chi connectivity index (χ2v) is 32.0. The third-order valence-corrected chi connectivity index (χ3v) is 21.1. The Morgan fingerprint density at radius 3 is 0.947 bits per heavy atom. The maximum atomic E-state index is 7.63. The van der Waals surface area contributed by atoms with Crippen molar-refractivity contribution in [2.24, 2.45) is 0 Å². The molecule has 210 valence electrons. The van der Waals surface area contributed by atoms with Gasteiger partial charge in [-0.3, -0.25) is 0 Å². The van der Waals surface area contributed by atoms with E-state index in [2.05, 4.69) is 132 Å². The molecule has 9 heteroatoms. The van der Waals surface area contributed by atoms with Crippen molar-refractivity contribution in [3.05, 3.63) is 91.0 Å². The zero-order valence-corrected chi connectivity index (χ0v) is 28.3. The molecule has 0 bridgehead atoms. The zero-order valence-electron chi connectivity index (χ0n) is 23.3. The van der Waals surface area contributed by atoms with Crippen molar-refractivity contribution in [1.29, 1.82) is 0 Å². The topological polar surface area (TPSA) is 36.9 Å². The van der Waals surface area contributed by atoms with Crippen molar-refractivity contribution in [2.75, 3.05) is 0 Å². The summed E-state index contributed by atoms with van der Waals surface area (Å²) in [4.78, 5) is 0. The van der Waals surface area contributed by atoms with E-state index in [-0.39, 0.29) is 14.9 Å². The maximum Gasteiger partial charge on any atom is 0.507 e. The van der Waals surface area contributed by atoms with Gasteiger partial charge < -0.3 is 16.5 Å². The highest BCUT2D eigenvalue weighted by Gasteiger charge is 2.59. The van der Waals surface area contributed by atoms with Crippen LogP contribution in [0, 0.1) is 0 Å². The summed E-state index contributed by atoms with van der Waals surface area (Å²) in [5.74, 6) is 0. The van der Waals surface area contributed by atoms with E-state index >= 15 is 0 Å². The molecular formula is C29H50O4Si5. The smallest absolute Gasteiger partial charge is 0.430 e. The van der Waals surface area contributed by atoms with Crippen LogP contribution in [0.5, 0.6) is 0 Å². The first-order valence-corrected chi connectivity index (χ1v) is 26.4. The van der Waals surface area contributed by atoms with Crippen LogP contribution < -0.4 is 15.6 Å². The Balaban J connectivity index is 0.00000361. The minimum atomic E-state index is -3.46. The molecule has 0 aromatic heterocycles. The standard InChI is InChI=1S/C27H42O4Si5.2CH4/c1-32(2,3)28-35(25-19-13-10-14-20-25,26-21-15-11-16-22-26)31-36(29-33(4,5)6,30-34(7,8)9)27-23-17-12-18-24-27;;/h10-24H,1-9H3;2*1H4. The van der Waals surface area contributed by atoms with E-state index in [1.54, 1.807) is 0 Å². The molecule has 0 saturated heterocycles. The molecule has 0 saturated carbocycles. The quantitative estimate of drug-likeness (QED) is 0.223. The molecule has 3 rings (SSSR count). The minimum Gasteiger partial charge on any atom is -0.430 e. The molecule has 3 aromatic carbocycles. The van der Waals surface area contributed by atoms with Crippen molar-refractivity contribution < 1.29 is 16.5 Å². The highest BCUT2D eigenvalue weighted by atomic mass is 28.5. The van der Waals surface area contributed by atoms with Gasteiger partial charge in [-0.2, -0.15) is 0 Å². The largest absolute Gasteiger partial charge is 0.507 e. The number of rotatable bonds is 11. The molecule has 4 nitrogen and oxygen atoms in total. The van der Waals surface area contributed by atoms with Crippen LogP contribution in [0.2, 0.25) is 58.9 Å². The average molecular weight is 603 g/mol.